The highest BCUT2D eigenvalue weighted by Crippen LogP contribution is 2.14. The van der Waals surface area contributed by atoms with Gasteiger partial charge in [0.25, 0.3) is 0 Å². The second-order valence-electron chi connectivity index (χ2n) is 6.28. The minimum atomic E-state index is -0.545. The van der Waals surface area contributed by atoms with E-state index in [0.717, 1.165) is 18.4 Å². The number of rotatable bonds is 12. The predicted octanol–water partition coefficient (Wildman–Crippen LogP) is 3.52. The van der Waals surface area contributed by atoms with Gasteiger partial charge in [0.05, 0.1) is 6.42 Å². The van der Waals surface area contributed by atoms with Crippen LogP contribution in [0.15, 0.2) is 29.8 Å². The van der Waals surface area contributed by atoms with Crippen LogP contribution in [0.1, 0.15) is 63.9 Å². The van der Waals surface area contributed by atoms with Gasteiger partial charge in [-0.25, -0.2) is 0 Å². The van der Waals surface area contributed by atoms with E-state index in [1.54, 1.807) is 18.2 Å². The fourth-order valence-electron chi connectivity index (χ4n) is 2.55. The Bertz CT molecular complexity index is 565. The van der Waals surface area contributed by atoms with E-state index in [2.05, 4.69) is 12.2 Å². The molecule has 0 aliphatic rings. The maximum atomic E-state index is 12.3. The highest BCUT2D eigenvalue weighted by Gasteiger charge is 2.12. The standard InChI is InChI=1S/C20H30N2O3/c1-2-3-4-5-6-7-8-13-22-20(25)17(15-19(21)24)14-16-9-11-18(23)12-10-16/h9-12,14,23H,2-8,13,15H2,1H3,(H2,21,24)(H,22,25). The molecule has 0 fully saturated rings. The number of nitrogens with one attached hydrogen (secondary N) is 1. The Morgan fingerprint density at radius 3 is 2.24 bits per heavy atom. The quantitative estimate of drug-likeness (QED) is 0.399. The molecule has 0 saturated carbocycles. The van der Waals surface area contributed by atoms with Gasteiger partial charge in [0, 0.05) is 12.1 Å². The van der Waals surface area contributed by atoms with Crippen molar-refractivity contribution in [1.82, 2.24) is 5.32 Å². The molecule has 0 radical (unpaired) electrons. The highest BCUT2D eigenvalue weighted by atomic mass is 16.3. The van der Waals surface area contributed by atoms with Crippen LogP contribution >= 0.6 is 0 Å². The van der Waals surface area contributed by atoms with Crippen molar-refractivity contribution in [3.8, 4) is 5.75 Å². The Balaban J connectivity index is 2.46. The van der Waals surface area contributed by atoms with E-state index in [1.807, 2.05) is 0 Å². The van der Waals surface area contributed by atoms with Crippen LogP contribution in [0.5, 0.6) is 5.75 Å². The fraction of sp³-hybridized carbons (Fsp3) is 0.500. The monoisotopic (exact) mass is 346 g/mol. The molecule has 5 nitrogen and oxygen atoms in total. The molecule has 0 saturated heterocycles. The van der Waals surface area contributed by atoms with E-state index in [1.165, 1.54) is 44.2 Å². The van der Waals surface area contributed by atoms with Gasteiger partial charge in [-0.05, 0) is 30.2 Å². The molecule has 0 unspecified atom stereocenters. The lowest BCUT2D eigenvalue weighted by molar-refractivity contribution is -0.121. The summed E-state index contributed by atoms with van der Waals surface area (Å²) < 4.78 is 0. The molecule has 0 aliphatic carbocycles. The molecule has 5 heteroatoms. The van der Waals surface area contributed by atoms with Crippen molar-refractivity contribution < 1.29 is 14.7 Å². The summed E-state index contributed by atoms with van der Waals surface area (Å²) in [5.41, 5.74) is 6.31. The maximum Gasteiger partial charge on any atom is 0.247 e. The van der Waals surface area contributed by atoms with Gasteiger partial charge < -0.3 is 16.2 Å². The number of unbranched alkanes of at least 4 members (excludes halogenated alkanes) is 6. The maximum absolute atomic E-state index is 12.3. The largest absolute Gasteiger partial charge is 0.508 e. The van der Waals surface area contributed by atoms with Gasteiger partial charge in [0.1, 0.15) is 5.75 Å². The number of amides is 2. The smallest absolute Gasteiger partial charge is 0.247 e. The third-order valence-corrected chi connectivity index (χ3v) is 3.96. The lowest BCUT2D eigenvalue weighted by Gasteiger charge is -2.08. The van der Waals surface area contributed by atoms with Gasteiger partial charge in [-0.2, -0.15) is 0 Å². The molecule has 4 N–H and O–H groups in total. The number of carbonyl (C=O) groups is 2. The van der Waals surface area contributed by atoms with Crippen molar-refractivity contribution in [3.63, 3.8) is 0 Å². The van der Waals surface area contributed by atoms with Crippen LogP contribution in [0.4, 0.5) is 0 Å². The first kappa shape index (κ1) is 20.7. The minimum Gasteiger partial charge on any atom is -0.508 e. The number of phenols is 1. The van der Waals surface area contributed by atoms with Crippen LogP contribution in [0.3, 0.4) is 0 Å². The van der Waals surface area contributed by atoms with Crippen molar-refractivity contribution >= 4 is 17.9 Å². The van der Waals surface area contributed by atoms with Crippen LogP contribution in [0.25, 0.3) is 6.08 Å². The number of primary amides is 1. The van der Waals surface area contributed by atoms with E-state index in [4.69, 9.17) is 5.73 Å². The van der Waals surface area contributed by atoms with Crippen LogP contribution in [0, 0.1) is 0 Å². The number of hydrogen-bond donors (Lipinski definition) is 3. The summed E-state index contributed by atoms with van der Waals surface area (Å²) in [6.45, 7) is 2.79. The summed E-state index contributed by atoms with van der Waals surface area (Å²) in [5.74, 6) is -0.661. The topological polar surface area (TPSA) is 92.4 Å². The molecule has 0 atom stereocenters. The van der Waals surface area contributed by atoms with Gasteiger partial charge in [-0.1, -0.05) is 57.6 Å². The highest BCUT2D eigenvalue weighted by molar-refractivity contribution is 6.02. The zero-order valence-electron chi connectivity index (χ0n) is 15.1. The Morgan fingerprint density at radius 2 is 1.64 bits per heavy atom. The van der Waals surface area contributed by atoms with Crippen LogP contribution < -0.4 is 11.1 Å². The molecule has 1 rings (SSSR count). The van der Waals surface area contributed by atoms with Crippen molar-refractivity contribution in [2.45, 2.75) is 58.3 Å². The van der Waals surface area contributed by atoms with Crippen molar-refractivity contribution in [2.24, 2.45) is 5.73 Å². The number of benzene rings is 1. The van der Waals surface area contributed by atoms with E-state index in [0.29, 0.717) is 12.1 Å². The van der Waals surface area contributed by atoms with Gasteiger partial charge >= 0.3 is 0 Å². The Kier molecular flexibility index (Phi) is 10.1. The van der Waals surface area contributed by atoms with Crippen LogP contribution in [-0.4, -0.2) is 23.5 Å². The second-order valence-corrected chi connectivity index (χ2v) is 6.28. The minimum absolute atomic E-state index is 0.107. The molecule has 0 heterocycles. The first-order valence-corrected chi connectivity index (χ1v) is 9.09. The number of phenolic OH excluding ortho intramolecular Hbond substituents is 1. The number of hydrogen-bond acceptors (Lipinski definition) is 3. The molecule has 0 aliphatic heterocycles. The summed E-state index contributed by atoms with van der Waals surface area (Å²) in [6, 6.07) is 6.42. The summed E-state index contributed by atoms with van der Waals surface area (Å²) in [7, 11) is 0. The Labute approximate surface area is 150 Å². The average molecular weight is 346 g/mol. The fourth-order valence-corrected chi connectivity index (χ4v) is 2.55. The molecule has 1 aromatic carbocycles. The average Bonchev–Trinajstić information content (AvgIpc) is 2.58. The van der Waals surface area contributed by atoms with Crippen molar-refractivity contribution in [1.29, 1.82) is 0 Å². The van der Waals surface area contributed by atoms with E-state index >= 15 is 0 Å². The SMILES string of the molecule is CCCCCCCCCNC(=O)C(=Cc1ccc(O)cc1)CC(N)=O. The third-order valence-electron chi connectivity index (χ3n) is 3.96. The van der Waals surface area contributed by atoms with Gasteiger partial charge in [-0.15, -0.1) is 0 Å². The van der Waals surface area contributed by atoms with Crippen LogP contribution in [-0.2, 0) is 9.59 Å². The molecule has 25 heavy (non-hydrogen) atoms. The van der Waals surface area contributed by atoms with Gasteiger partial charge in [-0.3, -0.25) is 9.59 Å². The third kappa shape index (κ3) is 9.55. The zero-order chi connectivity index (χ0) is 18.5. The lowest BCUT2D eigenvalue weighted by atomic mass is 10.1. The van der Waals surface area contributed by atoms with Crippen molar-refractivity contribution in [3.05, 3.63) is 35.4 Å². The zero-order valence-corrected chi connectivity index (χ0v) is 15.1. The molecule has 0 aromatic heterocycles. The molecule has 0 spiro atoms. The van der Waals surface area contributed by atoms with Gasteiger partial charge in [0.2, 0.25) is 11.8 Å². The molecular weight excluding hydrogens is 316 g/mol. The van der Waals surface area contributed by atoms with E-state index in [-0.39, 0.29) is 18.1 Å². The van der Waals surface area contributed by atoms with Crippen LogP contribution in [0.2, 0.25) is 0 Å². The van der Waals surface area contributed by atoms with E-state index in [9.17, 15) is 14.7 Å². The lowest BCUT2D eigenvalue weighted by Crippen LogP contribution is -2.28. The number of nitrogens with two attached hydrogens (primary N) is 1. The molecule has 1 aromatic rings. The Morgan fingerprint density at radius 1 is 1.04 bits per heavy atom. The van der Waals surface area contributed by atoms with E-state index < -0.39 is 5.91 Å². The number of carbonyl (C=O) groups excluding carboxylic acids is 2. The number of aromatic hydroxyl groups is 1. The summed E-state index contributed by atoms with van der Waals surface area (Å²) in [5, 5.41) is 12.2. The van der Waals surface area contributed by atoms with Crippen molar-refractivity contribution in [2.75, 3.05) is 6.54 Å². The molecule has 138 valence electrons. The normalized spacial score (nSPS) is 11.3. The molecule has 2 amide bonds. The van der Waals surface area contributed by atoms with Gasteiger partial charge in [0.15, 0.2) is 0 Å². The Hall–Kier alpha value is -2.30. The summed E-state index contributed by atoms with van der Waals surface area (Å²) >= 11 is 0. The molecular formula is C20H30N2O3. The first-order chi connectivity index (χ1) is 12.0. The summed E-state index contributed by atoms with van der Waals surface area (Å²) in [6.07, 6.45) is 9.79. The predicted molar refractivity (Wildman–Crippen MR) is 101 cm³/mol. The second kappa shape index (κ2) is 12.1. The summed E-state index contributed by atoms with van der Waals surface area (Å²) in [4.78, 5) is 23.5. The molecule has 0 bridgehead atoms. The first-order valence-electron chi connectivity index (χ1n) is 9.09.